The van der Waals surface area contributed by atoms with Gasteiger partial charge < -0.3 is 15.0 Å². The predicted molar refractivity (Wildman–Crippen MR) is 137 cm³/mol. The lowest BCUT2D eigenvalue weighted by Gasteiger charge is -2.24. The molecule has 1 aliphatic heterocycles. The van der Waals surface area contributed by atoms with Crippen molar-refractivity contribution in [3.8, 4) is 0 Å². The van der Waals surface area contributed by atoms with E-state index in [1.807, 2.05) is 45.0 Å². The van der Waals surface area contributed by atoms with Crippen LogP contribution >= 0.6 is 0 Å². The fourth-order valence-corrected chi connectivity index (χ4v) is 5.36. The van der Waals surface area contributed by atoms with Crippen molar-refractivity contribution in [1.82, 2.24) is 5.32 Å². The molecule has 0 saturated heterocycles. The summed E-state index contributed by atoms with van der Waals surface area (Å²) in [4.78, 5) is 29.2. The average molecular weight is 491 g/mol. The number of carbonyl (C=O) groups is 2. The van der Waals surface area contributed by atoms with E-state index in [4.69, 9.17) is 4.74 Å². The van der Waals surface area contributed by atoms with E-state index in [0.29, 0.717) is 52.7 Å². The summed E-state index contributed by atoms with van der Waals surface area (Å²) in [6.07, 6.45) is 0.851. The van der Waals surface area contributed by atoms with Gasteiger partial charge in [0, 0.05) is 18.7 Å². The molecule has 1 heterocycles. The highest BCUT2D eigenvalue weighted by atomic mass is 32.2. The van der Waals surface area contributed by atoms with Gasteiger partial charge >= 0.3 is 0 Å². The molecule has 0 radical (unpaired) electrons. The number of amides is 2. The molecule has 35 heavy (non-hydrogen) atoms. The van der Waals surface area contributed by atoms with E-state index in [9.17, 15) is 13.8 Å². The molecule has 182 valence electrons. The molecule has 2 amide bonds. The first-order chi connectivity index (χ1) is 16.9. The zero-order valence-corrected chi connectivity index (χ0v) is 21.1. The fourth-order valence-electron chi connectivity index (χ4n) is 4.01. The molecular formula is C28H30N2O4S. The van der Waals surface area contributed by atoms with Crippen molar-refractivity contribution >= 4 is 28.3 Å². The van der Waals surface area contributed by atoms with Crippen LogP contribution < -0.4 is 10.2 Å². The first kappa shape index (κ1) is 24.8. The number of aryl methyl sites for hydroxylation is 1. The summed E-state index contributed by atoms with van der Waals surface area (Å²) in [6.45, 7) is 7.30. The van der Waals surface area contributed by atoms with Crippen molar-refractivity contribution < 1.29 is 18.5 Å². The second-order valence-corrected chi connectivity index (χ2v) is 10.2. The zero-order valence-electron chi connectivity index (χ0n) is 20.2. The Hall–Kier alpha value is -3.29. The largest absolute Gasteiger partial charge is 0.379 e. The number of rotatable bonds is 8. The molecule has 0 unspecified atom stereocenters. The molecule has 1 atom stereocenters. The Labute approximate surface area is 208 Å². The molecule has 1 N–H and O–H groups in total. The van der Waals surface area contributed by atoms with Crippen LogP contribution in [0.1, 0.15) is 52.1 Å². The standard InChI is InChI=1S/C28H30N2O4S/c1-19(2)34-16-8-15-29-27(31)21-13-14-26-24(17-21)30(18-22-10-5-4-9-20(22)3)28(32)23-11-6-7-12-25(23)35(26)33/h4-7,9-14,17,19H,8,15-16,18H2,1-3H3,(H,29,31)/t35-/m1/s1. The van der Waals surface area contributed by atoms with Crippen LogP contribution in [0.15, 0.2) is 76.5 Å². The molecule has 0 fully saturated rings. The summed E-state index contributed by atoms with van der Waals surface area (Å²) in [6, 6.07) is 19.9. The third kappa shape index (κ3) is 5.52. The van der Waals surface area contributed by atoms with E-state index < -0.39 is 10.8 Å². The molecule has 0 spiro atoms. The smallest absolute Gasteiger partial charge is 0.259 e. The van der Waals surface area contributed by atoms with Crippen LogP contribution in [-0.4, -0.2) is 35.3 Å². The lowest BCUT2D eigenvalue weighted by molar-refractivity contribution is 0.0757. The third-order valence-electron chi connectivity index (χ3n) is 5.92. The van der Waals surface area contributed by atoms with Crippen molar-refractivity contribution in [2.75, 3.05) is 18.1 Å². The Bertz CT molecular complexity index is 1270. The minimum atomic E-state index is -1.56. The minimum Gasteiger partial charge on any atom is -0.379 e. The average Bonchev–Trinajstić information content (AvgIpc) is 2.94. The number of anilines is 1. The quantitative estimate of drug-likeness (QED) is 0.457. The first-order valence-electron chi connectivity index (χ1n) is 11.8. The number of nitrogens with zero attached hydrogens (tertiary/aromatic N) is 1. The second kappa shape index (κ2) is 11.0. The minimum absolute atomic E-state index is 0.150. The van der Waals surface area contributed by atoms with Crippen LogP contribution in [0, 0.1) is 6.92 Å². The van der Waals surface area contributed by atoms with Crippen molar-refractivity contribution in [1.29, 1.82) is 0 Å². The van der Waals surface area contributed by atoms with Crippen LogP contribution in [0.4, 0.5) is 5.69 Å². The lowest BCUT2D eigenvalue weighted by atomic mass is 10.1. The van der Waals surface area contributed by atoms with Crippen molar-refractivity contribution in [2.45, 2.75) is 49.6 Å². The highest BCUT2D eigenvalue weighted by Gasteiger charge is 2.31. The van der Waals surface area contributed by atoms with Crippen LogP contribution in [0.2, 0.25) is 0 Å². The maximum atomic E-state index is 13.7. The topological polar surface area (TPSA) is 75.7 Å². The van der Waals surface area contributed by atoms with Gasteiger partial charge in [-0.25, -0.2) is 4.21 Å². The summed E-state index contributed by atoms with van der Waals surface area (Å²) >= 11 is 0. The van der Waals surface area contributed by atoms with Crippen molar-refractivity contribution in [2.24, 2.45) is 0 Å². The first-order valence-corrected chi connectivity index (χ1v) is 12.9. The summed E-state index contributed by atoms with van der Waals surface area (Å²) in [5.74, 6) is -0.479. The Morgan fingerprint density at radius 3 is 2.54 bits per heavy atom. The zero-order chi connectivity index (χ0) is 24.9. The number of hydrogen-bond acceptors (Lipinski definition) is 4. The number of nitrogens with one attached hydrogen (secondary N) is 1. The van der Waals surface area contributed by atoms with Crippen molar-refractivity contribution in [3.05, 3.63) is 89.0 Å². The van der Waals surface area contributed by atoms with E-state index in [1.54, 1.807) is 47.4 Å². The SMILES string of the molecule is Cc1ccccc1CN1C(=O)c2ccccc2[S@@](=O)c2ccc(C(=O)NCCCOC(C)C)cc21. The molecule has 4 rings (SSSR count). The normalized spacial score (nSPS) is 14.9. The number of hydrogen-bond donors (Lipinski definition) is 1. The van der Waals surface area contributed by atoms with Crippen molar-refractivity contribution in [3.63, 3.8) is 0 Å². The van der Waals surface area contributed by atoms with Crippen LogP contribution in [0.5, 0.6) is 0 Å². The van der Waals surface area contributed by atoms with Gasteiger partial charge in [0.25, 0.3) is 11.8 Å². The number of ether oxygens (including phenoxy) is 1. The van der Waals surface area contributed by atoms with Gasteiger partial charge in [-0.1, -0.05) is 36.4 Å². The molecule has 0 bridgehead atoms. The molecule has 0 saturated carbocycles. The Balaban J connectivity index is 1.68. The van der Waals surface area contributed by atoms with Crippen LogP contribution in [0.25, 0.3) is 0 Å². The highest BCUT2D eigenvalue weighted by Crippen LogP contribution is 2.36. The molecular weight excluding hydrogens is 460 g/mol. The van der Waals surface area contributed by atoms with Gasteiger partial charge in [0.1, 0.15) is 0 Å². The monoisotopic (exact) mass is 490 g/mol. The molecule has 1 aliphatic rings. The van der Waals surface area contributed by atoms with E-state index in [1.165, 1.54) is 0 Å². The molecule has 3 aromatic rings. The van der Waals surface area contributed by atoms with Gasteiger partial charge in [0.15, 0.2) is 0 Å². The summed E-state index contributed by atoms with van der Waals surface area (Å²) in [7, 11) is -1.56. The van der Waals surface area contributed by atoms with Crippen LogP contribution in [0.3, 0.4) is 0 Å². The van der Waals surface area contributed by atoms with E-state index in [0.717, 1.165) is 11.1 Å². The molecule has 6 nitrogen and oxygen atoms in total. The number of carbonyl (C=O) groups excluding carboxylic acids is 2. The van der Waals surface area contributed by atoms with Gasteiger partial charge in [-0.2, -0.15) is 0 Å². The van der Waals surface area contributed by atoms with Gasteiger partial charge in [0.05, 0.1) is 44.5 Å². The Morgan fingerprint density at radius 2 is 1.77 bits per heavy atom. The summed E-state index contributed by atoms with van der Waals surface area (Å²) in [5.41, 5.74) is 3.35. The van der Waals surface area contributed by atoms with Gasteiger partial charge in [-0.05, 0) is 68.7 Å². The third-order valence-corrected chi connectivity index (χ3v) is 7.42. The molecule has 3 aromatic carbocycles. The van der Waals surface area contributed by atoms with Gasteiger partial charge in [0.2, 0.25) is 0 Å². The molecule has 0 aliphatic carbocycles. The summed E-state index contributed by atoms with van der Waals surface area (Å²) < 4.78 is 19.1. The Morgan fingerprint density at radius 1 is 1.03 bits per heavy atom. The second-order valence-electron chi connectivity index (χ2n) is 8.79. The summed E-state index contributed by atoms with van der Waals surface area (Å²) in [5, 5.41) is 2.91. The van der Waals surface area contributed by atoms with Gasteiger partial charge in [-0.15, -0.1) is 0 Å². The Kier molecular flexibility index (Phi) is 7.78. The maximum absolute atomic E-state index is 13.7. The highest BCUT2D eigenvalue weighted by molar-refractivity contribution is 7.85. The molecule has 0 aromatic heterocycles. The van der Waals surface area contributed by atoms with E-state index >= 15 is 0 Å². The molecule has 7 heteroatoms. The predicted octanol–water partition coefficient (Wildman–Crippen LogP) is 4.87. The number of benzene rings is 3. The maximum Gasteiger partial charge on any atom is 0.259 e. The van der Waals surface area contributed by atoms with Crippen LogP contribution in [-0.2, 0) is 22.1 Å². The fraction of sp³-hybridized carbons (Fsp3) is 0.286. The van der Waals surface area contributed by atoms with E-state index in [-0.39, 0.29) is 17.9 Å². The van der Waals surface area contributed by atoms with E-state index in [2.05, 4.69) is 5.32 Å². The lowest BCUT2D eigenvalue weighted by Crippen LogP contribution is -2.31. The van der Waals surface area contributed by atoms with Gasteiger partial charge in [-0.3, -0.25) is 9.59 Å². The number of fused-ring (bicyclic) bond motifs is 2.